The fourth-order valence-electron chi connectivity index (χ4n) is 2.66. The van der Waals surface area contributed by atoms with E-state index in [-0.39, 0.29) is 24.0 Å². The van der Waals surface area contributed by atoms with E-state index >= 15 is 0 Å². The van der Waals surface area contributed by atoms with Crippen LogP contribution in [0.3, 0.4) is 0 Å². The van der Waals surface area contributed by atoms with E-state index in [0.29, 0.717) is 19.2 Å². The number of nitrogens with one attached hydrogen (secondary N) is 2. The van der Waals surface area contributed by atoms with E-state index in [0.717, 1.165) is 43.5 Å². The third-order valence-corrected chi connectivity index (χ3v) is 4.02. The number of hydrogen-bond acceptors (Lipinski definition) is 3. The third-order valence-electron chi connectivity index (χ3n) is 4.02. The number of aliphatic imine (C=N–C) groups is 1. The Morgan fingerprint density at radius 2 is 1.80 bits per heavy atom. The van der Waals surface area contributed by atoms with Crippen LogP contribution < -0.4 is 15.4 Å². The van der Waals surface area contributed by atoms with Crippen LogP contribution in [-0.2, 0) is 6.54 Å². The Bertz CT molecular complexity index is 492. The average Bonchev–Trinajstić information content (AvgIpc) is 2.60. The van der Waals surface area contributed by atoms with E-state index in [4.69, 9.17) is 9.73 Å². The molecule has 25 heavy (non-hydrogen) atoms. The van der Waals surface area contributed by atoms with E-state index < -0.39 is 0 Å². The minimum atomic E-state index is 0. The number of nitrogens with zero attached hydrogens (tertiary/aromatic N) is 2. The highest BCUT2D eigenvalue weighted by atomic mass is 127. The van der Waals surface area contributed by atoms with Gasteiger partial charge in [-0.1, -0.05) is 32.0 Å². The van der Waals surface area contributed by atoms with Crippen molar-refractivity contribution in [1.82, 2.24) is 15.5 Å². The second kappa shape index (κ2) is 14.2. The molecule has 0 amide bonds. The Morgan fingerprint density at radius 1 is 1.12 bits per heavy atom. The molecule has 5 nitrogen and oxygen atoms in total. The summed E-state index contributed by atoms with van der Waals surface area (Å²) in [6, 6.07) is 8.55. The largest absolute Gasteiger partial charge is 0.494 e. The topological polar surface area (TPSA) is 48.9 Å². The molecule has 1 aromatic rings. The molecular formula is C19H35IN4O. The van der Waals surface area contributed by atoms with Crippen LogP contribution in [0.1, 0.15) is 40.2 Å². The highest BCUT2D eigenvalue weighted by molar-refractivity contribution is 14.0. The summed E-state index contributed by atoms with van der Waals surface area (Å²) in [6.45, 7) is 15.8. The Hall–Kier alpha value is -1.02. The Balaban J connectivity index is 0.00000576. The number of hydrogen-bond donors (Lipinski definition) is 2. The van der Waals surface area contributed by atoms with Gasteiger partial charge in [0.2, 0.25) is 0 Å². The summed E-state index contributed by atoms with van der Waals surface area (Å²) in [5, 5.41) is 6.76. The zero-order chi connectivity index (χ0) is 17.8. The minimum absolute atomic E-state index is 0. The molecule has 0 saturated heterocycles. The summed E-state index contributed by atoms with van der Waals surface area (Å²) in [5.74, 6) is 1.76. The van der Waals surface area contributed by atoms with Gasteiger partial charge in [0.05, 0.1) is 13.2 Å². The van der Waals surface area contributed by atoms with Gasteiger partial charge < -0.3 is 15.4 Å². The number of rotatable bonds is 10. The third kappa shape index (κ3) is 8.76. The number of benzene rings is 1. The summed E-state index contributed by atoms with van der Waals surface area (Å²) in [5.41, 5.74) is 1.10. The standard InChI is InChI=1S/C19H34N4O.HI/c1-6-20-19(21-14-16(5)23(7-2)8-3)22-15-17-12-10-11-13-18(17)24-9-4;/h10-13,16H,6-9,14-15H2,1-5H3,(H2,20,21,22);1H. The van der Waals surface area contributed by atoms with Gasteiger partial charge in [0.25, 0.3) is 0 Å². The summed E-state index contributed by atoms with van der Waals surface area (Å²) in [6.07, 6.45) is 0. The number of ether oxygens (including phenoxy) is 1. The molecule has 0 heterocycles. The number of guanidine groups is 1. The van der Waals surface area contributed by atoms with Crippen LogP contribution >= 0.6 is 24.0 Å². The monoisotopic (exact) mass is 462 g/mol. The maximum Gasteiger partial charge on any atom is 0.191 e. The Morgan fingerprint density at radius 3 is 2.40 bits per heavy atom. The normalized spacial score (nSPS) is 12.5. The molecular weight excluding hydrogens is 427 g/mol. The van der Waals surface area contributed by atoms with Crippen molar-refractivity contribution >= 4 is 29.9 Å². The maximum absolute atomic E-state index is 5.67. The summed E-state index contributed by atoms with van der Waals surface area (Å²) < 4.78 is 5.67. The fraction of sp³-hybridized carbons (Fsp3) is 0.632. The first-order valence-corrected chi connectivity index (χ1v) is 9.13. The Labute approximate surface area is 170 Å². The van der Waals surface area contributed by atoms with Gasteiger partial charge in [-0.25, -0.2) is 4.99 Å². The molecule has 0 bridgehead atoms. The van der Waals surface area contributed by atoms with E-state index in [1.54, 1.807) is 0 Å². The number of para-hydroxylation sites is 1. The first kappa shape index (κ1) is 24.0. The molecule has 6 heteroatoms. The van der Waals surface area contributed by atoms with Crippen molar-refractivity contribution in [3.05, 3.63) is 29.8 Å². The highest BCUT2D eigenvalue weighted by Gasteiger charge is 2.10. The van der Waals surface area contributed by atoms with Crippen LogP contribution in [0.2, 0.25) is 0 Å². The second-order valence-corrected chi connectivity index (χ2v) is 5.69. The van der Waals surface area contributed by atoms with Gasteiger partial charge in [0, 0.05) is 24.7 Å². The first-order valence-electron chi connectivity index (χ1n) is 9.13. The van der Waals surface area contributed by atoms with Crippen molar-refractivity contribution in [2.45, 2.75) is 47.2 Å². The number of halogens is 1. The van der Waals surface area contributed by atoms with Gasteiger partial charge in [0.1, 0.15) is 5.75 Å². The van der Waals surface area contributed by atoms with Crippen molar-refractivity contribution in [2.75, 3.05) is 32.8 Å². The first-order chi connectivity index (χ1) is 11.7. The molecule has 0 aliphatic rings. The van der Waals surface area contributed by atoms with Gasteiger partial charge in [0.15, 0.2) is 5.96 Å². The van der Waals surface area contributed by atoms with Gasteiger partial charge in [-0.3, -0.25) is 4.90 Å². The molecule has 0 aliphatic heterocycles. The predicted octanol–water partition coefficient (Wildman–Crippen LogP) is 3.49. The fourth-order valence-corrected chi connectivity index (χ4v) is 2.66. The van der Waals surface area contributed by atoms with Crippen molar-refractivity contribution in [1.29, 1.82) is 0 Å². The molecule has 1 rings (SSSR count). The van der Waals surface area contributed by atoms with Crippen LogP contribution in [0.5, 0.6) is 5.75 Å². The van der Waals surface area contributed by atoms with Gasteiger partial charge >= 0.3 is 0 Å². The summed E-state index contributed by atoms with van der Waals surface area (Å²) >= 11 is 0. The molecule has 1 atom stereocenters. The zero-order valence-corrected chi connectivity index (χ0v) is 18.7. The van der Waals surface area contributed by atoms with Crippen LogP contribution in [0, 0.1) is 0 Å². The predicted molar refractivity (Wildman–Crippen MR) is 118 cm³/mol. The summed E-state index contributed by atoms with van der Waals surface area (Å²) in [4.78, 5) is 7.14. The van der Waals surface area contributed by atoms with E-state index in [1.807, 2.05) is 25.1 Å². The quantitative estimate of drug-likeness (QED) is 0.318. The average molecular weight is 462 g/mol. The van der Waals surface area contributed by atoms with E-state index in [2.05, 4.69) is 49.3 Å². The van der Waals surface area contributed by atoms with Gasteiger partial charge in [-0.15, -0.1) is 24.0 Å². The molecule has 144 valence electrons. The zero-order valence-electron chi connectivity index (χ0n) is 16.3. The molecule has 0 radical (unpaired) electrons. The van der Waals surface area contributed by atoms with Crippen molar-refractivity contribution in [2.24, 2.45) is 4.99 Å². The van der Waals surface area contributed by atoms with Gasteiger partial charge in [-0.05, 0) is 39.9 Å². The Kier molecular flexibility index (Phi) is 13.6. The lowest BCUT2D eigenvalue weighted by molar-refractivity contribution is 0.231. The maximum atomic E-state index is 5.67. The second-order valence-electron chi connectivity index (χ2n) is 5.69. The SMILES string of the molecule is CCNC(=NCc1ccccc1OCC)NCC(C)N(CC)CC.I. The van der Waals surface area contributed by atoms with Crippen molar-refractivity contribution < 1.29 is 4.74 Å². The molecule has 1 aromatic carbocycles. The molecule has 1 unspecified atom stereocenters. The summed E-state index contributed by atoms with van der Waals surface area (Å²) in [7, 11) is 0. The lowest BCUT2D eigenvalue weighted by Gasteiger charge is -2.27. The molecule has 0 aliphatic carbocycles. The van der Waals surface area contributed by atoms with E-state index in [9.17, 15) is 0 Å². The van der Waals surface area contributed by atoms with E-state index in [1.165, 1.54) is 0 Å². The van der Waals surface area contributed by atoms with Crippen molar-refractivity contribution in [3.63, 3.8) is 0 Å². The van der Waals surface area contributed by atoms with Crippen LogP contribution in [0.4, 0.5) is 0 Å². The molecule has 0 saturated carbocycles. The highest BCUT2D eigenvalue weighted by Crippen LogP contribution is 2.18. The van der Waals surface area contributed by atoms with Gasteiger partial charge in [-0.2, -0.15) is 0 Å². The van der Waals surface area contributed by atoms with Crippen LogP contribution in [-0.4, -0.2) is 49.7 Å². The smallest absolute Gasteiger partial charge is 0.191 e. The lowest BCUT2D eigenvalue weighted by atomic mass is 10.2. The number of likely N-dealkylation sites (N-methyl/N-ethyl adjacent to an activating group) is 1. The molecule has 0 fully saturated rings. The molecule has 0 aromatic heterocycles. The van der Waals surface area contributed by atoms with Crippen LogP contribution in [0.25, 0.3) is 0 Å². The molecule has 2 N–H and O–H groups in total. The molecule has 0 spiro atoms. The lowest BCUT2D eigenvalue weighted by Crippen LogP contribution is -2.45. The van der Waals surface area contributed by atoms with Crippen LogP contribution in [0.15, 0.2) is 29.3 Å². The van der Waals surface area contributed by atoms with Crippen molar-refractivity contribution in [3.8, 4) is 5.75 Å². The minimum Gasteiger partial charge on any atom is -0.494 e.